The molecule has 2 rings (SSSR count). The number of methoxy groups -OCH3 is 1. The number of hydrogen-bond acceptors (Lipinski definition) is 11. The summed E-state index contributed by atoms with van der Waals surface area (Å²) < 4.78 is 38.1. The van der Waals surface area contributed by atoms with Gasteiger partial charge in [0, 0.05) is 27.7 Å². The third-order valence-corrected chi connectivity index (χ3v) is 4.26. The standard InChI is InChI=1S/C21H26O11/c1-11(22)27-10-17-18(28-12(2)23)19(29-13(3)24)20(30-14(4)25)21(32-17)31-16-9-7-6-8-15(16)26-5/h6-9,17-21H,10H2,1-5H3/t17-,18-,19-,20+,21+/m0/s1. The van der Waals surface area contributed by atoms with Gasteiger partial charge in [-0.15, -0.1) is 0 Å². The summed E-state index contributed by atoms with van der Waals surface area (Å²) in [6.45, 7) is 4.28. The first kappa shape index (κ1) is 24.9. The number of carbonyl (C=O) groups is 4. The molecular formula is C21H26O11. The van der Waals surface area contributed by atoms with Crippen molar-refractivity contribution in [1.29, 1.82) is 0 Å². The summed E-state index contributed by atoms with van der Waals surface area (Å²) in [5, 5.41) is 0. The number of benzene rings is 1. The van der Waals surface area contributed by atoms with E-state index in [1.807, 2.05) is 0 Å². The number of hydrogen-bond donors (Lipinski definition) is 0. The van der Waals surface area contributed by atoms with E-state index in [9.17, 15) is 19.2 Å². The highest BCUT2D eigenvalue weighted by atomic mass is 16.7. The Hall–Kier alpha value is -3.34. The molecule has 1 aliphatic rings. The Labute approximate surface area is 184 Å². The lowest BCUT2D eigenvalue weighted by Gasteiger charge is -2.43. The lowest BCUT2D eigenvalue weighted by Crippen LogP contribution is -2.63. The molecule has 0 spiro atoms. The molecule has 0 aliphatic carbocycles. The lowest BCUT2D eigenvalue weighted by molar-refractivity contribution is -0.288. The van der Waals surface area contributed by atoms with Gasteiger partial charge in [-0.1, -0.05) is 12.1 Å². The Kier molecular flexibility index (Phi) is 8.82. The molecular weight excluding hydrogens is 428 g/mol. The van der Waals surface area contributed by atoms with Crippen molar-refractivity contribution in [2.75, 3.05) is 13.7 Å². The van der Waals surface area contributed by atoms with Crippen molar-refractivity contribution in [3.8, 4) is 11.5 Å². The Morgan fingerprint density at radius 3 is 1.84 bits per heavy atom. The topological polar surface area (TPSA) is 133 Å². The van der Waals surface area contributed by atoms with Crippen molar-refractivity contribution in [2.45, 2.75) is 58.4 Å². The Morgan fingerprint density at radius 1 is 0.781 bits per heavy atom. The van der Waals surface area contributed by atoms with Crippen molar-refractivity contribution in [2.24, 2.45) is 0 Å². The second kappa shape index (κ2) is 11.3. The average molecular weight is 454 g/mol. The highest BCUT2D eigenvalue weighted by Gasteiger charge is 2.53. The molecule has 0 saturated carbocycles. The summed E-state index contributed by atoms with van der Waals surface area (Å²) in [6.07, 6.45) is -6.31. The molecule has 0 aromatic heterocycles. The first-order chi connectivity index (χ1) is 15.1. The van der Waals surface area contributed by atoms with Gasteiger partial charge < -0.3 is 33.2 Å². The molecule has 11 nitrogen and oxygen atoms in total. The number of ether oxygens (including phenoxy) is 7. The molecule has 0 radical (unpaired) electrons. The van der Waals surface area contributed by atoms with Crippen LogP contribution in [0.4, 0.5) is 0 Å². The van der Waals surface area contributed by atoms with Gasteiger partial charge in [-0.2, -0.15) is 0 Å². The Bertz CT molecular complexity index is 837. The van der Waals surface area contributed by atoms with E-state index in [4.69, 9.17) is 33.2 Å². The predicted molar refractivity (Wildman–Crippen MR) is 106 cm³/mol. The first-order valence-electron chi connectivity index (χ1n) is 9.72. The maximum Gasteiger partial charge on any atom is 0.303 e. The van der Waals surface area contributed by atoms with E-state index in [1.165, 1.54) is 14.0 Å². The van der Waals surface area contributed by atoms with Gasteiger partial charge in [-0.25, -0.2) is 0 Å². The molecule has 1 aromatic rings. The van der Waals surface area contributed by atoms with Crippen LogP contribution in [0.25, 0.3) is 0 Å². The summed E-state index contributed by atoms with van der Waals surface area (Å²) >= 11 is 0. The maximum absolute atomic E-state index is 11.8. The van der Waals surface area contributed by atoms with Gasteiger partial charge in [0.2, 0.25) is 12.4 Å². The van der Waals surface area contributed by atoms with Gasteiger partial charge in [-0.3, -0.25) is 19.2 Å². The average Bonchev–Trinajstić information content (AvgIpc) is 2.70. The fourth-order valence-electron chi connectivity index (χ4n) is 3.12. The Balaban J connectivity index is 2.48. The van der Waals surface area contributed by atoms with Gasteiger partial charge in [0.05, 0.1) is 7.11 Å². The summed E-state index contributed by atoms with van der Waals surface area (Å²) in [5.74, 6) is -2.16. The molecule has 11 heteroatoms. The van der Waals surface area contributed by atoms with Crippen LogP contribution in [0, 0.1) is 0 Å². The van der Waals surface area contributed by atoms with Crippen molar-refractivity contribution >= 4 is 23.9 Å². The quantitative estimate of drug-likeness (QED) is 0.414. The molecule has 0 N–H and O–H groups in total. The molecule has 5 atom stereocenters. The molecule has 1 saturated heterocycles. The molecule has 0 unspecified atom stereocenters. The minimum absolute atomic E-state index is 0.246. The largest absolute Gasteiger partial charge is 0.493 e. The summed E-state index contributed by atoms with van der Waals surface area (Å²) in [6, 6.07) is 6.63. The molecule has 1 aromatic carbocycles. The second-order valence-electron chi connectivity index (χ2n) is 6.84. The highest BCUT2D eigenvalue weighted by Crippen LogP contribution is 2.34. The smallest absolute Gasteiger partial charge is 0.303 e. The number of carbonyl (C=O) groups excluding carboxylic acids is 4. The van der Waals surface area contributed by atoms with Crippen LogP contribution < -0.4 is 9.47 Å². The van der Waals surface area contributed by atoms with Gasteiger partial charge in [0.1, 0.15) is 12.7 Å². The maximum atomic E-state index is 11.8. The third-order valence-electron chi connectivity index (χ3n) is 4.26. The fourth-order valence-corrected chi connectivity index (χ4v) is 3.12. The van der Waals surface area contributed by atoms with Crippen molar-refractivity contribution in [3.63, 3.8) is 0 Å². The van der Waals surface area contributed by atoms with Crippen LogP contribution in [0.1, 0.15) is 27.7 Å². The van der Waals surface area contributed by atoms with E-state index in [1.54, 1.807) is 24.3 Å². The van der Waals surface area contributed by atoms with E-state index in [0.29, 0.717) is 5.75 Å². The lowest BCUT2D eigenvalue weighted by atomic mass is 9.98. The molecule has 1 aliphatic heterocycles. The monoisotopic (exact) mass is 454 g/mol. The van der Waals surface area contributed by atoms with E-state index in [-0.39, 0.29) is 12.4 Å². The number of para-hydroxylation sites is 2. The van der Waals surface area contributed by atoms with Crippen LogP contribution in [0.15, 0.2) is 24.3 Å². The van der Waals surface area contributed by atoms with E-state index in [2.05, 4.69) is 0 Å². The van der Waals surface area contributed by atoms with E-state index < -0.39 is 54.6 Å². The van der Waals surface area contributed by atoms with E-state index in [0.717, 1.165) is 20.8 Å². The second-order valence-corrected chi connectivity index (χ2v) is 6.84. The predicted octanol–water partition coefficient (Wildman–Crippen LogP) is 1.16. The molecule has 176 valence electrons. The van der Waals surface area contributed by atoms with Gasteiger partial charge in [0.15, 0.2) is 23.7 Å². The van der Waals surface area contributed by atoms with Crippen LogP contribution in [0.3, 0.4) is 0 Å². The first-order valence-corrected chi connectivity index (χ1v) is 9.72. The number of rotatable bonds is 8. The minimum Gasteiger partial charge on any atom is -0.493 e. The van der Waals surface area contributed by atoms with Crippen LogP contribution in [-0.4, -0.2) is 68.3 Å². The highest BCUT2D eigenvalue weighted by molar-refractivity contribution is 5.68. The van der Waals surface area contributed by atoms with Gasteiger partial charge in [-0.05, 0) is 12.1 Å². The van der Waals surface area contributed by atoms with E-state index >= 15 is 0 Å². The zero-order valence-electron chi connectivity index (χ0n) is 18.4. The zero-order chi connectivity index (χ0) is 23.8. The number of esters is 4. The van der Waals surface area contributed by atoms with Crippen molar-refractivity contribution < 1.29 is 52.3 Å². The molecule has 1 heterocycles. The third kappa shape index (κ3) is 6.84. The fraction of sp³-hybridized carbons (Fsp3) is 0.524. The van der Waals surface area contributed by atoms with Crippen molar-refractivity contribution in [1.82, 2.24) is 0 Å². The van der Waals surface area contributed by atoms with Crippen LogP contribution in [0.2, 0.25) is 0 Å². The SMILES string of the molecule is COc1ccccc1O[C@@H]1O[C@@H](COC(C)=O)[C@H](OC(C)=O)[C@H](OC(C)=O)[C@H]1OC(C)=O. The van der Waals surface area contributed by atoms with Crippen molar-refractivity contribution in [3.05, 3.63) is 24.3 Å². The molecule has 32 heavy (non-hydrogen) atoms. The summed E-state index contributed by atoms with van der Waals surface area (Å²) in [7, 11) is 1.44. The van der Waals surface area contributed by atoms with Crippen LogP contribution in [0.5, 0.6) is 11.5 Å². The Morgan fingerprint density at radius 2 is 1.31 bits per heavy atom. The van der Waals surface area contributed by atoms with Gasteiger partial charge in [0.25, 0.3) is 0 Å². The van der Waals surface area contributed by atoms with Gasteiger partial charge >= 0.3 is 23.9 Å². The van der Waals surface area contributed by atoms with Crippen LogP contribution >= 0.6 is 0 Å². The summed E-state index contributed by atoms with van der Waals surface area (Å²) in [5.41, 5.74) is 0. The summed E-state index contributed by atoms with van der Waals surface area (Å²) in [4.78, 5) is 46.7. The normalized spacial score (nSPS) is 24.6. The molecule has 0 amide bonds. The molecule has 0 bridgehead atoms. The minimum atomic E-state index is -1.33. The zero-order valence-corrected chi connectivity index (χ0v) is 18.4. The van der Waals surface area contributed by atoms with Crippen LogP contribution in [-0.2, 0) is 42.9 Å². The molecule has 1 fully saturated rings.